The molecule has 0 radical (unpaired) electrons. The fourth-order valence-electron chi connectivity index (χ4n) is 2.11. The van der Waals surface area contributed by atoms with Crippen molar-refractivity contribution in [3.63, 3.8) is 0 Å². The summed E-state index contributed by atoms with van der Waals surface area (Å²) in [5, 5.41) is 12.7. The molecule has 0 aliphatic rings. The monoisotopic (exact) mass is 338 g/mol. The van der Waals surface area contributed by atoms with E-state index in [-0.39, 0.29) is 5.91 Å². The number of anilines is 2. The molecule has 0 aliphatic carbocycles. The third-order valence-electron chi connectivity index (χ3n) is 3.31. The smallest absolute Gasteiger partial charge is 0.411 e. The minimum Gasteiger partial charge on any atom is -0.453 e. The molecule has 3 rings (SSSR count). The first kappa shape index (κ1) is 16.2. The van der Waals surface area contributed by atoms with Gasteiger partial charge in [0.25, 0.3) is 5.91 Å². The molecule has 126 valence electrons. The number of aromatic nitrogens is 2. The highest BCUT2D eigenvalue weighted by Gasteiger charge is 2.09. The summed E-state index contributed by atoms with van der Waals surface area (Å²) in [6, 6.07) is 13.5. The minimum atomic E-state index is -0.603. The number of amides is 2. The van der Waals surface area contributed by atoms with Crippen LogP contribution in [-0.4, -0.2) is 29.3 Å². The molecule has 25 heavy (non-hydrogen) atoms. The molecule has 0 fully saturated rings. The first-order chi connectivity index (χ1) is 12.2. The lowest BCUT2D eigenvalue weighted by Crippen LogP contribution is -2.14. The Hall–Kier alpha value is -3.68. The summed E-state index contributed by atoms with van der Waals surface area (Å²) in [7, 11) is 1.27. The number of carbonyl (C=O) groups is 2. The van der Waals surface area contributed by atoms with Crippen LogP contribution < -0.4 is 10.6 Å². The second-order valence-corrected chi connectivity index (χ2v) is 4.97. The van der Waals surface area contributed by atoms with Crippen molar-refractivity contribution in [2.45, 2.75) is 0 Å². The Bertz CT molecular complexity index is 876. The molecule has 8 nitrogen and oxygen atoms in total. The predicted molar refractivity (Wildman–Crippen MR) is 90.2 cm³/mol. The maximum atomic E-state index is 12.3. The average Bonchev–Trinajstić information content (AvgIpc) is 3.17. The highest BCUT2D eigenvalue weighted by atomic mass is 16.5. The number of rotatable bonds is 4. The van der Waals surface area contributed by atoms with Crippen molar-refractivity contribution in [1.82, 2.24) is 10.2 Å². The van der Waals surface area contributed by atoms with Crippen molar-refractivity contribution in [2.24, 2.45) is 0 Å². The van der Waals surface area contributed by atoms with Crippen LogP contribution in [0, 0.1) is 0 Å². The normalized spacial score (nSPS) is 10.1. The van der Waals surface area contributed by atoms with Crippen LogP contribution in [-0.2, 0) is 4.74 Å². The predicted octanol–water partition coefficient (Wildman–Crippen LogP) is 3.17. The van der Waals surface area contributed by atoms with E-state index in [1.165, 1.54) is 13.5 Å². The maximum absolute atomic E-state index is 12.3. The number of carbonyl (C=O) groups excluding carboxylic acids is 2. The first-order valence-electron chi connectivity index (χ1n) is 7.28. The van der Waals surface area contributed by atoms with Gasteiger partial charge in [-0.05, 0) is 42.5 Å². The van der Waals surface area contributed by atoms with Crippen molar-refractivity contribution in [2.75, 3.05) is 17.7 Å². The minimum absolute atomic E-state index is 0.306. The van der Waals surface area contributed by atoms with Gasteiger partial charge in [0.1, 0.15) is 0 Å². The summed E-state index contributed by atoms with van der Waals surface area (Å²) in [5.41, 5.74) is 2.22. The van der Waals surface area contributed by atoms with Gasteiger partial charge >= 0.3 is 6.09 Å². The van der Waals surface area contributed by atoms with E-state index in [9.17, 15) is 9.59 Å². The molecule has 0 bridgehead atoms. The van der Waals surface area contributed by atoms with Gasteiger partial charge in [-0.15, -0.1) is 10.2 Å². The van der Waals surface area contributed by atoms with Crippen molar-refractivity contribution in [1.29, 1.82) is 0 Å². The summed E-state index contributed by atoms with van der Waals surface area (Å²) in [6.45, 7) is 0. The van der Waals surface area contributed by atoms with E-state index in [1.54, 1.807) is 48.5 Å². The molecule has 1 aromatic heterocycles. The highest BCUT2D eigenvalue weighted by molar-refractivity contribution is 6.05. The Morgan fingerprint density at radius 3 is 2.52 bits per heavy atom. The Kier molecular flexibility index (Phi) is 4.70. The van der Waals surface area contributed by atoms with Crippen molar-refractivity contribution < 1.29 is 18.7 Å². The van der Waals surface area contributed by atoms with Crippen LogP contribution in [0.25, 0.3) is 11.5 Å². The van der Waals surface area contributed by atoms with Crippen LogP contribution in [0.1, 0.15) is 10.4 Å². The molecule has 2 amide bonds. The zero-order valence-electron chi connectivity index (χ0n) is 13.2. The van der Waals surface area contributed by atoms with Gasteiger partial charge < -0.3 is 14.5 Å². The molecule has 1 heterocycles. The summed E-state index contributed by atoms with van der Waals surface area (Å²) >= 11 is 0. The number of methoxy groups -OCH3 is 1. The molecule has 2 N–H and O–H groups in total. The molecule has 0 unspecified atom stereocenters. The molecule has 0 saturated carbocycles. The van der Waals surface area contributed by atoms with Gasteiger partial charge in [-0.3, -0.25) is 10.1 Å². The van der Waals surface area contributed by atoms with E-state index >= 15 is 0 Å². The third-order valence-corrected chi connectivity index (χ3v) is 3.31. The van der Waals surface area contributed by atoms with Crippen molar-refractivity contribution >= 4 is 23.4 Å². The molecule has 0 atom stereocenters. The molecule has 0 aliphatic heterocycles. The van der Waals surface area contributed by atoms with Gasteiger partial charge in [0.05, 0.1) is 7.11 Å². The van der Waals surface area contributed by atoms with Gasteiger partial charge in [-0.2, -0.15) is 0 Å². The third kappa shape index (κ3) is 3.99. The summed E-state index contributed by atoms with van der Waals surface area (Å²) in [6.07, 6.45) is 0.648. The molecular weight excluding hydrogens is 324 g/mol. The summed E-state index contributed by atoms with van der Waals surface area (Å²) < 4.78 is 9.63. The van der Waals surface area contributed by atoms with Gasteiger partial charge in [-0.25, -0.2) is 4.79 Å². The Labute approximate surface area is 142 Å². The van der Waals surface area contributed by atoms with E-state index in [0.717, 1.165) is 5.56 Å². The van der Waals surface area contributed by atoms with Crippen LogP contribution in [0.2, 0.25) is 0 Å². The van der Waals surface area contributed by atoms with Crippen molar-refractivity contribution in [3.8, 4) is 11.5 Å². The molecule has 2 aromatic carbocycles. The van der Waals surface area contributed by atoms with E-state index in [2.05, 4.69) is 25.6 Å². The van der Waals surface area contributed by atoms with Gasteiger partial charge in [0, 0.05) is 22.5 Å². The number of hydrogen-bond acceptors (Lipinski definition) is 6. The lowest BCUT2D eigenvalue weighted by molar-refractivity contribution is 0.102. The average molecular weight is 338 g/mol. The SMILES string of the molecule is COC(=O)Nc1cccc(C(=O)Nc2ccc(-c3nnco3)cc2)c1. The topological polar surface area (TPSA) is 106 Å². The standard InChI is InChI=1S/C17H14N4O4/c1-24-17(23)20-14-4-2-3-12(9-14)15(22)19-13-7-5-11(6-8-13)16-21-18-10-25-16/h2-10H,1H3,(H,19,22)(H,20,23). The first-order valence-corrected chi connectivity index (χ1v) is 7.28. The van der Waals surface area contributed by atoms with E-state index in [0.29, 0.717) is 22.8 Å². The van der Waals surface area contributed by atoms with Crippen LogP contribution in [0.4, 0.5) is 16.2 Å². The fourth-order valence-corrected chi connectivity index (χ4v) is 2.11. The Morgan fingerprint density at radius 1 is 1.04 bits per heavy atom. The molecule has 8 heteroatoms. The quantitative estimate of drug-likeness (QED) is 0.757. The zero-order valence-corrected chi connectivity index (χ0v) is 13.2. The number of ether oxygens (including phenoxy) is 1. The number of hydrogen-bond donors (Lipinski definition) is 2. The maximum Gasteiger partial charge on any atom is 0.411 e. The second kappa shape index (κ2) is 7.26. The van der Waals surface area contributed by atoms with E-state index in [4.69, 9.17) is 4.42 Å². The van der Waals surface area contributed by atoms with E-state index in [1.807, 2.05) is 0 Å². The number of benzene rings is 2. The Balaban J connectivity index is 1.69. The van der Waals surface area contributed by atoms with Crippen LogP contribution >= 0.6 is 0 Å². The van der Waals surface area contributed by atoms with Crippen LogP contribution in [0.15, 0.2) is 59.3 Å². The molecule has 0 saturated heterocycles. The molecular formula is C17H14N4O4. The highest BCUT2D eigenvalue weighted by Crippen LogP contribution is 2.20. The van der Waals surface area contributed by atoms with Crippen LogP contribution in [0.5, 0.6) is 0 Å². The summed E-state index contributed by atoms with van der Waals surface area (Å²) in [4.78, 5) is 23.6. The van der Waals surface area contributed by atoms with Crippen LogP contribution in [0.3, 0.4) is 0 Å². The van der Waals surface area contributed by atoms with Gasteiger partial charge in [0.15, 0.2) is 0 Å². The molecule has 0 spiro atoms. The Morgan fingerprint density at radius 2 is 1.84 bits per heavy atom. The number of nitrogens with zero attached hydrogens (tertiary/aromatic N) is 2. The van der Waals surface area contributed by atoms with Gasteiger partial charge in [0.2, 0.25) is 12.3 Å². The van der Waals surface area contributed by atoms with E-state index < -0.39 is 6.09 Å². The zero-order chi connectivity index (χ0) is 17.6. The number of nitrogens with one attached hydrogen (secondary N) is 2. The van der Waals surface area contributed by atoms with Gasteiger partial charge in [-0.1, -0.05) is 6.07 Å². The lowest BCUT2D eigenvalue weighted by Gasteiger charge is -2.08. The fraction of sp³-hybridized carbons (Fsp3) is 0.0588. The molecule has 3 aromatic rings. The summed E-state index contributed by atoms with van der Waals surface area (Å²) in [5.74, 6) is 0.0959. The second-order valence-electron chi connectivity index (χ2n) is 4.97. The van der Waals surface area contributed by atoms with Crippen molar-refractivity contribution in [3.05, 3.63) is 60.5 Å². The lowest BCUT2D eigenvalue weighted by atomic mass is 10.1. The largest absolute Gasteiger partial charge is 0.453 e.